The highest BCUT2D eigenvalue weighted by molar-refractivity contribution is 6.67. The van der Waals surface area contributed by atoms with E-state index < -0.39 is 5.24 Å². The van der Waals surface area contributed by atoms with Gasteiger partial charge in [-0.05, 0) is 38.3 Å². The first-order valence-corrected chi connectivity index (χ1v) is 7.37. The minimum atomic E-state index is -0.508. The third-order valence-electron chi connectivity index (χ3n) is 1.71. The van der Waals surface area contributed by atoms with Gasteiger partial charge in [-0.2, -0.15) is 0 Å². The van der Waals surface area contributed by atoms with E-state index in [1.54, 1.807) is 6.92 Å². The SMILES string of the molecule is CCC(C)O.CCC(C)OC(=O)CCl.O=C(Cl)CCl. The molecule has 1 N–H and O–H groups in total. The zero-order valence-corrected chi connectivity index (χ0v) is 14.1. The van der Waals surface area contributed by atoms with Crippen molar-refractivity contribution in [2.45, 2.75) is 52.7 Å². The summed E-state index contributed by atoms with van der Waals surface area (Å²) in [7, 11) is 0. The summed E-state index contributed by atoms with van der Waals surface area (Å²) >= 11 is 14.7. The van der Waals surface area contributed by atoms with Gasteiger partial charge in [0.2, 0.25) is 5.24 Å². The third-order valence-corrected chi connectivity index (χ3v) is 2.44. The van der Waals surface area contributed by atoms with E-state index in [2.05, 4.69) is 0 Å². The molecule has 0 aliphatic heterocycles. The predicted octanol–water partition coefficient (Wildman–Crippen LogP) is 3.33. The Morgan fingerprint density at radius 3 is 1.63 bits per heavy atom. The van der Waals surface area contributed by atoms with Crippen LogP contribution in [0, 0.1) is 0 Å². The summed E-state index contributed by atoms with van der Waals surface area (Å²) in [4.78, 5) is 19.9. The Morgan fingerprint density at radius 1 is 1.11 bits per heavy atom. The molecule has 116 valence electrons. The van der Waals surface area contributed by atoms with E-state index in [-0.39, 0.29) is 29.9 Å². The predicted molar refractivity (Wildman–Crippen MR) is 80.1 cm³/mol. The van der Waals surface area contributed by atoms with E-state index in [0.29, 0.717) is 0 Å². The van der Waals surface area contributed by atoms with Crippen LogP contribution in [0.3, 0.4) is 0 Å². The number of halogens is 3. The molecule has 4 nitrogen and oxygen atoms in total. The van der Waals surface area contributed by atoms with Gasteiger partial charge in [0.15, 0.2) is 0 Å². The number of aliphatic hydroxyl groups is 1. The molecule has 0 fully saturated rings. The van der Waals surface area contributed by atoms with E-state index in [1.807, 2.05) is 20.8 Å². The van der Waals surface area contributed by atoms with E-state index in [4.69, 9.17) is 44.6 Å². The molecular weight excluding hydrogens is 314 g/mol. The van der Waals surface area contributed by atoms with Crippen LogP contribution in [0.2, 0.25) is 0 Å². The van der Waals surface area contributed by atoms with Gasteiger partial charge in [0, 0.05) is 0 Å². The van der Waals surface area contributed by atoms with Crippen LogP contribution in [-0.4, -0.2) is 40.3 Å². The fourth-order valence-electron chi connectivity index (χ4n) is 0.339. The van der Waals surface area contributed by atoms with Crippen molar-refractivity contribution in [3.63, 3.8) is 0 Å². The molecule has 19 heavy (non-hydrogen) atoms. The van der Waals surface area contributed by atoms with Gasteiger partial charge in [0.1, 0.15) is 5.88 Å². The molecule has 0 amide bonds. The van der Waals surface area contributed by atoms with Gasteiger partial charge in [-0.1, -0.05) is 13.8 Å². The van der Waals surface area contributed by atoms with Crippen LogP contribution < -0.4 is 0 Å². The number of ether oxygens (including phenoxy) is 1. The van der Waals surface area contributed by atoms with Crippen molar-refractivity contribution < 1.29 is 19.4 Å². The first-order chi connectivity index (χ1) is 8.74. The summed E-state index contributed by atoms with van der Waals surface area (Å²) in [6.45, 7) is 7.52. The molecule has 2 atom stereocenters. The molecule has 0 aliphatic carbocycles. The van der Waals surface area contributed by atoms with Crippen LogP contribution in [0.15, 0.2) is 0 Å². The highest BCUT2D eigenvalue weighted by Gasteiger charge is 2.03. The van der Waals surface area contributed by atoms with E-state index in [0.717, 1.165) is 12.8 Å². The third kappa shape index (κ3) is 32.0. The molecule has 0 aromatic carbocycles. The minimum absolute atomic E-state index is 0.00347. The Bertz CT molecular complexity index is 223. The van der Waals surface area contributed by atoms with Crippen molar-refractivity contribution >= 4 is 46.0 Å². The van der Waals surface area contributed by atoms with Gasteiger partial charge in [0.05, 0.1) is 18.1 Å². The van der Waals surface area contributed by atoms with Gasteiger partial charge in [-0.15, -0.1) is 23.2 Å². The average molecular weight is 338 g/mol. The zero-order chi connectivity index (χ0) is 15.8. The Kier molecular flexibility index (Phi) is 22.7. The lowest BCUT2D eigenvalue weighted by atomic mass is 10.3. The fourth-order valence-corrected chi connectivity index (χ4v) is 0.402. The van der Waals surface area contributed by atoms with Crippen molar-refractivity contribution in [1.29, 1.82) is 0 Å². The largest absolute Gasteiger partial charge is 0.462 e. The first-order valence-electron chi connectivity index (χ1n) is 5.92. The van der Waals surface area contributed by atoms with Crippen LogP contribution in [0.4, 0.5) is 0 Å². The number of esters is 1. The zero-order valence-electron chi connectivity index (χ0n) is 11.8. The van der Waals surface area contributed by atoms with Gasteiger partial charge >= 0.3 is 5.97 Å². The summed E-state index contributed by atoms with van der Waals surface area (Å²) in [5.74, 6) is -0.489. The van der Waals surface area contributed by atoms with Crippen molar-refractivity contribution in [3.05, 3.63) is 0 Å². The normalized spacial score (nSPS) is 12.0. The Balaban J connectivity index is -0.000000219. The number of hydrogen-bond donors (Lipinski definition) is 1. The maximum absolute atomic E-state index is 10.4. The maximum atomic E-state index is 10.4. The maximum Gasteiger partial charge on any atom is 0.321 e. The molecule has 0 aliphatic rings. The number of aliphatic hydroxyl groups excluding tert-OH is 1. The summed E-state index contributed by atoms with van der Waals surface area (Å²) in [6, 6.07) is 0. The number of hydrogen-bond acceptors (Lipinski definition) is 4. The monoisotopic (exact) mass is 336 g/mol. The summed E-state index contributed by atoms with van der Waals surface area (Å²) in [5, 5.41) is 7.85. The average Bonchev–Trinajstić information content (AvgIpc) is 2.39. The lowest BCUT2D eigenvalue weighted by Crippen LogP contribution is -2.14. The van der Waals surface area contributed by atoms with Crippen LogP contribution in [0.5, 0.6) is 0 Å². The van der Waals surface area contributed by atoms with Crippen LogP contribution in [0.25, 0.3) is 0 Å². The molecule has 0 aromatic heterocycles. The van der Waals surface area contributed by atoms with Gasteiger partial charge in [-0.25, -0.2) is 0 Å². The number of rotatable bonds is 5. The molecule has 0 aromatic rings. The van der Waals surface area contributed by atoms with Crippen LogP contribution in [0.1, 0.15) is 40.5 Å². The number of carbonyl (C=O) groups excluding carboxylic acids is 2. The highest BCUT2D eigenvalue weighted by atomic mass is 35.5. The fraction of sp³-hybridized carbons (Fsp3) is 0.833. The second-order valence-corrected chi connectivity index (χ2v) is 4.54. The topological polar surface area (TPSA) is 63.6 Å². The second-order valence-electron chi connectivity index (χ2n) is 3.59. The standard InChI is InChI=1S/C6H11ClO2.C4H10O.C2H2Cl2O/c1-3-5(2)9-6(8)4-7;1-3-4(2)5;3-1-2(4)5/h5H,3-4H2,1-2H3;4-5H,3H2,1-2H3;1H2. The van der Waals surface area contributed by atoms with Crippen LogP contribution in [-0.2, 0) is 14.3 Å². The van der Waals surface area contributed by atoms with Crippen molar-refractivity contribution in [2.24, 2.45) is 0 Å². The van der Waals surface area contributed by atoms with Gasteiger partial charge in [-0.3, -0.25) is 9.59 Å². The Labute approximate surface area is 130 Å². The molecule has 0 spiro atoms. The summed E-state index contributed by atoms with van der Waals surface area (Å²) < 4.78 is 4.78. The molecule has 0 saturated carbocycles. The molecule has 2 unspecified atom stereocenters. The Morgan fingerprint density at radius 2 is 1.47 bits per heavy atom. The molecule has 0 saturated heterocycles. The van der Waals surface area contributed by atoms with Crippen molar-refractivity contribution in [2.75, 3.05) is 11.8 Å². The molecule has 0 heterocycles. The van der Waals surface area contributed by atoms with E-state index in [1.165, 1.54) is 0 Å². The van der Waals surface area contributed by atoms with Crippen LogP contribution >= 0.6 is 34.8 Å². The van der Waals surface area contributed by atoms with Gasteiger partial charge in [0.25, 0.3) is 0 Å². The number of alkyl halides is 2. The van der Waals surface area contributed by atoms with Gasteiger partial charge < -0.3 is 9.84 Å². The quantitative estimate of drug-likeness (QED) is 0.475. The lowest BCUT2D eigenvalue weighted by Gasteiger charge is -2.07. The highest BCUT2D eigenvalue weighted by Crippen LogP contribution is 1.96. The molecule has 0 rings (SSSR count). The smallest absolute Gasteiger partial charge is 0.321 e. The summed E-state index contributed by atoms with van der Waals surface area (Å²) in [5.41, 5.74) is 0. The van der Waals surface area contributed by atoms with E-state index in [9.17, 15) is 9.59 Å². The molecule has 0 bridgehead atoms. The Hall–Kier alpha value is -0.0300. The van der Waals surface area contributed by atoms with Crippen molar-refractivity contribution in [3.8, 4) is 0 Å². The number of carbonyl (C=O) groups is 2. The van der Waals surface area contributed by atoms with E-state index >= 15 is 0 Å². The van der Waals surface area contributed by atoms with Crippen molar-refractivity contribution in [1.82, 2.24) is 0 Å². The lowest BCUT2D eigenvalue weighted by molar-refractivity contribution is -0.145. The molecular formula is C12H23Cl3O4. The summed E-state index contributed by atoms with van der Waals surface area (Å²) in [6.07, 6.45) is 1.58. The molecule has 7 heteroatoms. The minimum Gasteiger partial charge on any atom is -0.462 e. The molecule has 0 radical (unpaired) electrons. The first kappa shape index (κ1) is 24.0. The second kappa shape index (κ2) is 18.0.